The van der Waals surface area contributed by atoms with Crippen molar-refractivity contribution in [2.24, 2.45) is 0 Å². The molecular weight excluding hydrogens is 507 g/mol. The number of rotatable bonds is 4. The molecule has 0 radical (unpaired) electrons. The first-order valence-corrected chi connectivity index (χ1v) is 14.3. The third-order valence-electron chi connectivity index (χ3n) is 8.07. The summed E-state index contributed by atoms with van der Waals surface area (Å²) in [5.41, 5.74) is 5.09. The fourth-order valence-corrected chi connectivity index (χ4v) is 4.58. The maximum atomic E-state index is 6.20. The van der Waals surface area contributed by atoms with Crippen LogP contribution in [0.3, 0.4) is 0 Å². The van der Waals surface area contributed by atoms with Crippen LogP contribution in [0.15, 0.2) is 66.9 Å². The van der Waals surface area contributed by atoms with Crippen molar-refractivity contribution < 1.29 is 9.31 Å². The van der Waals surface area contributed by atoms with E-state index in [2.05, 4.69) is 106 Å². The average Bonchev–Trinajstić information content (AvgIpc) is 3.14. The van der Waals surface area contributed by atoms with Crippen LogP contribution in [0.5, 0.6) is 0 Å². The molecule has 6 nitrogen and oxygen atoms in total. The first kappa shape index (κ1) is 29.1. The molecular formula is C34H41BN4O2. The molecule has 3 heterocycles. The quantitative estimate of drug-likeness (QED) is 0.252. The lowest BCUT2D eigenvalue weighted by atomic mass is 9.79. The van der Waals surface area contributed by atoms with Gasteiger partial charge in [0.1, 0.15) is 5.82 Å². The van der Waals surface area contributed by atoms with Crippen LogP contribution < -0.4 is 5.46 Å². The molecule has 0 N–H and O–H groups in total. The summed E-state index contributed by atoms with van der Waals surface area (Å²) in [5, 5.41) is 0. The first-order valence-electron chi connectivity index (χ1n) is 14.3. The van der Waals surface area contributed by atoms with E-state index < -0.39 is 0 Å². The molecule has 212 valence electrons. The Hall–Kier alpha value is -3.42. The molecule has 2 aromatic carbocycles. The van der Waals surface area contributed by atoms with Crippen LogP contribution in [0.1, 0.15) is 80.6 Å². The van der Waals surface area contributed by atoms with Crippen LogP contribution in [0.4, 0.5) is 0 Å². The molecule has 0 aliphatic carbocycles. The Kier molecular flexibility index (Phi) is 7.20. The minimum atomic E-state index is -0.385. The van der Waals surface area contributed by atoms with Crippen molar-refractivity contribution in [2.45, 2.75) is 91.3 Å². The van der Waals surface area contributed by atoms with E-state index in [1.165, 1.54) is 5.56 Å². The molecule has 0 unspecified atom stereocenters. The zero-order chi connectivity index (χ0) is 29.8. The zero-order valence-corrected chi connectivity index (χ0v) is 26.0. The molecule has 41 heavy (non-hydrogen) atoms. The average molecular weight is 549 g/mol. The third-order valence-corrected chi connectivity index (χ3v) is 8.07. The number of hydrogen-bond donors (Lipinski definition) is 0. The van der Waals surface area contributed by atoms with E-state index in [1.807, 2.05) is 30.5 Å². The summed E-state index contributed by atoms with van der Waals surface area (Å²) in [6.07, 6.45) is 1.84. The highest BCUT2D eigenvalue weighted by atomic mass is 16.7. The summed E-state index contributed by atoms with van der Waals surface area (Å²) in [5.74, 6) is 2.04. The fraction of sp³-hybridized carbons (Fsp3) is 0.412. The molecule has 7 heteroatoms. The van der Waals surface area contributed by atoms with E-state index in [9.17, 15) is 0 Å². The SMILES string of the molecule is CC(C)(C)c1ccc(-c2nc(-c3ccc(-c4ccc(B5OC(C)(C)C(C)(C)O5)cc4)nc3)nc(C(C)(C)C)n2)cc1. The van der Waals surface area contributed by atoms with Crippen molar-refractivity contribution in [3.63, 3.8) is 0 Å². The molecule has 5 rings (SSSR count). The molecule has 1 fully saturated rings. The van der Waals surface area contributed by atoms with Gasteiger partial charge in [0.05, 0.1) is 16.9 Å². The lowest BCUT2D eigenvalue weighted by Crippen LogP contribution is -2.41. The minimum Gasteiger partial charge on any atom is -0.399 e. The molecule has 0 spiro atoms. The van der Waals surface area contributed by atoms with Gasteiger partial charge in [-0.15, -0.1) is 0 Å². The molecule has 0 atom stereocenters. The predicted molar refractivity (Wildman–Crippen MR) is 167 cm³/mol. The highest BCUT2D eigenvalue weighted by Crippen LogP contribution is 2.36. The second-order valence-electron chi connectivity index (χ2n) is 14.0. The van der Waals surface area contributed by atoms with Crippen LogP contribution in [-0.2, 0) is 20.1 Å². The molecule has 1 aliphatic heterocycles. The van der Waals surface area contributed by atoms with Crippen LogP contribution in [0, 0.1) is 0 Å². The number of aromatic nitrogens is 4. The monoisotopic (exact) mass is 548 g/mol. The molecule has 1 aliphatic rings. The largest absolute Gasteiger partial charge is 0.494 e. The highest BCUT2D eigenvalue weighted by Gasteiger charge is 2.51. The van der Waals surface area contributed by atoms with Crippen molar-refractivity contribution >= 4 is 12.6 Å². The zero-order valence-electron chi connectivity index (χ0n) is 26.0. The Morgan fingerprint density at radius 1 is 0.585 bits per heavy atom. The van der Waals surface area contributed by atoms with E-state index in [0.29, 0.717) is 11.6 Å². The molecule has 4 aromatic rings. The summed E-state index contributed by atoms with van der Waals surface area (Å²) in [4.78, 5) is 19.3. The van der Waals surface area contributed by atoms with Gasteiger partial charge >= 0.3 is 7.12 Å². The number of pyridine rings is 1. The van der Waals surface area contributed by atoms with Gasteiger partial charge in [-0.3, -0.25) is 4.98 Å². The lowest BCUT2D eigenvalue weighted by molar-refractivity contribution is 0.00578. The van der Waals surface area contributed by atoms with Gasteiger partial charge in [-0.1, -0.05) is 90.1 Å². The molecule has 0 amide bonds. The van der Waals surface area contributed by atoms with Crippen molar-refractivity contribution in [1.82, 2.24) is 19.9 Å². The Balaban J connectivity index is 1.42. The van der Waals surface area contributed by atoms with E-state index in [4.69, 9.17) is 29.2 Å². The second kappa shape index (κ2) is 10.1. The van der Waals surface area contributed by atoms with Crippen LogP contribution in [-0.4, -0.2) is 38.3 Å². The predicted octanol–water partition coefficient (Wildman–Crippen LogP) is 7.16. The second-order valence-corrected chi connectivity index (χ2v) is 14.0. The van der Waals surface area contributed by atoms with Crippen molar-refractivity contribution in [1.29, 1.82) is 0 Å². The number of nitrogens with zero attached hydrogens (tertiary/aromatic N) is 4. The Morgan fingerprint density at radius 3 is 1.59 bits per heavy atom. The summed E-state index contributed by atoms with van der Waals surface area (Å²) in [6, 6.07) is 20.8. The maximum Gasteiger partial charge on any atom is 0.494 e. The van der Waals surface area contributed by atoms with Gasteiger partial charge in [-0.05, 0) is 56.3 Å². The summed E-state index contributed by atoms with van der Waals surface area (Å²) >= 11 is 0. The van der Waals surface area contributed by atoms with E-state index >= 15 is 0 Å². The summed E-state index contributed by atoms with van der Waals surface area (Å²) < 4.78 is 12.4. The van der Waals surface area contributed by atoms with Gasteiger partial charge in [0.25, 0.3) is 0 Å². The normalized spacial score (nSPS) is 16.7. The molecule has 0 bridgehead atoms. The lowest BCUT2D eigenvalue weighted by Gasteiger charge is -2.32. The summed E-state index contributed by atoms with van der Waals surface area (Å²) in [6.45, 7) is 21.3. The standard InChI is InChI=1S/C34H41BN4O2/c1-31(2,3)25-16-11-23(12-17-25)28-37-29(39-30(38-28)32(4,5)6)24-15-20-27(36-21-24)22-13-18-26(19-14-22)35-40-33(7,8)34(9,10)41-35/h11-21H,1-10H3. The Bertz CT molecular complexity index is 1520. The van der Waals surface area contributed by atoms with Gasteiger partial charge in [-0.2, -0.15) is 0 Å². The van der Waals surface area contributed by atoms with E-state index in [1.54, 1.807) is 0 Å². The first-order chi connectivity index (χ1) is 19.0. The minimum absolute atomic E-state index is 0.0823. The number of hydrogen-bond acceptors (Lipinski definition) is 6. The molecule has 1 saturated heterocycles. The third kappa shape index (κ3) is 5.97. The van der Waals surface area contributed by atoms with Gasteiger partial charge in [0, 0.05) is 28.3 Å². The van der Waals surface area contributed by atoms with E-state index in [-0.39, 0.29) is 29.2 Å². The highest BCUT2D eigenvalue weighted by molar-refractivity contribution is 6.62. The molecule has 0 saturated carbocycles. The maximum absolute atomic E-state index is 6.20. The Labute approximate surface area is 245 Å². The Morgan fingerprint density at radius 2 is 1.10 bits per heavy atom. The smallest absolute Gasteiger partial charge is 0.399 e. The number of benzene rings is 2. The van der Waals surface area contributed by atoms with Gasteiger partial charge in [0.2, 0.25) is 0 Å². The van der Waals surface area contributed by atoms with Gasteiger partial charge < -0.3 is 9.31 Å². The van der Waals surface area contributed by atoms with Crippen LogP contribution in [0.25, 0.3) is 34.0 Å². The summed E-state index contributed by atoms with van der Waals surface area (Å²) in [7, 11) is -0.385. The van der Waals surface area contributed by atoms with E-state index in [0.717, 1.165) is 33.7 Å². The fourth-order valence-electron chi connectivity index (χ4n) is 4.58. The van der Waals surface area contributed by atoms with Crippen LogP contribution in [0.2, 0.25) is 0 Å². The molecule has 2 aromatic heterocycles. The van der Waals surface area contributed by atoms with Crippen molar-refractivity contribution in [2.75, 3.05) is 0 Å². The van der Waals surface area contributed by atoms with Crippen molar-refractivity contribution in [3.8, 4) is 34.0 Å². The van der Waals surface area contributed by atoms with Crippen molar-refractivity contribution in [3.05, 3.63) is 78.2 Å². The topological polar surface area (TPSA) is 70.0 Å². The van der Waals surface area contributed by atoms with Gasteiger partial charge in [-0.25, -0.2) is 15.0 Å². The van der Waals surface area contributed by atoms with Crippen LogP contribution >= 0.6 is 0 Å². The van der Waals surface area contributed by atoms with Gasteiger partial charge in [0.15, 0.2) is 11.6 Å².